The summed E-state index contributed by atoms with van der Waals surface area (Å²) in [6.45, 7) is 6.35. The van der Waals surface area contributed by atoms with Gasteiger partial charge in [0.25, 0.3) is 0 Å². The summed E-state index contributed by atoms with van der Waals surface area (Å²) >= 11 is 6.34. The smallest absolute Gasteiger partial charge is 0.306 e. The van der Waals surface area contributed by atoms with Gasteiger partial charge in [-0.25, -0.2) is 0 Å². The Morgan fingerprint density at radius 3 is 2.37 bits per heavy atom. The van der Waals surface area contributed by atoms with Crippen molar-refractivity contribution < 1.29 is 43.1 Å². The fourth-order valence-corrected chi connectivity index (χ4v) is 10.2. The van der Waals surface area contributed by atoms with Crippen molar-refractivity contribution in [3.8, 4) is 0 Å². The third kappa shape index (κ3) is 9.18. The molecule has 0 radical (unpaired) electrons. The third-order valence-electron chi connectivity index (χ3n) is 13.0. The number of cyclic esters (lactones) is 1. The van der Waals surface area contributed by atoms with E-state index in [0.29, 0.717) is 35.9 Å². The number of aliphatic hydroxyl groups excluding tert-OH is 1. The molecule has 1 aromatic carbocycles. The lowest BCUT2D eigenvalue weighted by atomic mass is 9.66. The van der Waals surface area contributed by atoms with Gasteiger partial charge >= 0.3 is 5.97 Å². The highest BCUT2D eigenvalue weighted by molar-refractivity contribution is 6.30. The fraction of sp³-hybridized carbons (Fsp3) is 0.721. The van der Waals surface area contributed by atoms with E-state index in [1.807, 2.05) is 31.2 Å². The van der Waals surface area contributed by atoms with Crippen molar-refractivity contribution in [3.63, 3.8) is 0 Å². The molecule has 0 amide bonds. The van der Waals surface area contributed by atoms with Crippen LogP contribution in [-0.4, -0.2) is 106 Å². The second-order valence-electron chi connectivity index (χ2n) is 16.5. The molecule has 2 saturated heterocycles. The standard InChI is InChI=1S/C43H62ClNO9/c1-8-28-10-9-11-38(54-41-17-16-37(45(4)5)25(3)51-41)24(2)42(47)36-21-34-32-19-29(53-43(48)39(50-7)23-49-6)18-31(32)30(26-12-14-27(44)15-13-26)20-33(34)35(36)22-40(46)52-28/h12-15,20-21,24-25,28-29,31-35,37-39,41,43,48H,8-11,16-19,22-23H2,1-7H3/t24-,25?,28+,29-,31?,32-,33?,34+,35+,37+,38+,39+,41+,43?/m1/s1. The second-order valence-corrected chi connectivity index (χ2v) is 16.9. The van der Waals surface area contributed by atoms with Crippen molar-refractivity contribution in [2.24, 2.45) is 35.5 Å². The summed E-state index contributed by atoms with van der Waals surface area (Å²) in [6.07, 6.45) is 7.76. The summed E-state index contributed by atoms with van der Waals surface area (Å²) in [5.74, 6) is -0.817. The summed E-state index contributed by atoms with van der Waals surface area (Å²) in [5.41, 5.74) is 2.93. The molecule has 2 aliphatic heterocycles. The molecule has 4 unspecified atom stereocenters. The maximum absolute atomic E-state index is 14.9. The van der Waals surface area contributed by atoms with Crippen molar-refractivity contribution in [2.75, 3.05) is 34.9 Å². The molecule has 10 nitrogen and oxygen atoms in total. The van der Waals surface area contributed by atoms with Gasteiger partial charge in [0.1, 0.15) is 12.2 Å². The van der Waals surface area contributed by atoms with Crippen LogP contribution in [0, 0.1) is 35.5 Å². The largest absolute Gasteiger partial charge is 0.462 e. The Labute approximate surface area is 326 Å². The molecule has 300 valence electrons. The number of allylic oxidation sites excluding steroid dienone is 4. The Kier molecular flexibility index (Phi) is 14.1. The average Bonchev–Trinajstić information content (AvgIpc) is 3.73. The zero-order valence-electron chi connectivity index (χ0n) is 33.2. The highest BCUT2D eigenvalue weighted by Crippen LogP contribution is 2.58. The van der Waals surface area contributed by atoms with Crippen molar-refractivity contribution in [1.29, 1.82) is 0 Å². The van der Waals surface area contributed by atoms with Gasteiger partial charge in [-0.15, -0.1) is 0 Å². The van der Waals surface area contributed by atoms with E-state index in [4.69, 9.17) is 40.0 Å². The predicted octanol–water partition coefficient (Wildman–Crippen LogP) is 6.86. The van der Waals surface area contributed by atoms with Crippen molar-refractivity contribution >= 4 is 28.9 Å². The Morgan fingerprint density at radius 1 is 0.963 bits per heavy atom. The van der Waals surface area contributed by atoms with Crippen LogP contribution in [0.25, 0.3) is 5.57 Å². The topological polar surface area (TPSA) is 113 Å². The minimum Gasteiger partial charge on any atom is -0.462 e. The van der Waals surface area contributed by atoms with Crippen molar-refractivity contribution in [1.82, 2.24) is 4.90 Å². The number of aliphatic hydroxyl groups is 1. The molecule has 0 aromatic heterocycles. The van der Waals surface area contributed by atoms with Crippen molar-refractivity contribution in [3.05, 3.63) is 52.6 Å². The Balaban J connectivity index is 1.32. The number of halogens is 1. The number of Topliss-reactive ketones (excluding diaryl/α,β-unsaturated/α-hetero) is 1. The van der Waals surface area contributed by atoms with Gasteiger partial charge in [-0.3, -0.25) is 9.59 Å². The first-order chi connectivity index (χ1) is 25.9. The molecular weight excluding hydrogens is 710 g/mol. The molecule has 1 aromatic rings. The number of hydrogen-bond donors (Lipinski definition) is 1. The molecule has 2 heterocycles. The maximum atomic E-state index is 14.9. The molecule has 1 saturated carbocycles. The molecule has 3 fully saturated rings. The zero-order chi connectivity index (χ0) is 38.7. The predicted molar refractivity (Wildman–Crippen MR) is 206 cm³/mol. The van der Waals surface area contributed by atoms with Crippen LogP contribution in [0.3, 0.4) is 0 Å². The van der Waals surface area contributed by atoms with Gasteiger partial charge in [-0.1, -0.05) is 49.7 Å². The number of esters is 1. The molecule has 11 heteroatoms. The van der Waals surface area contributed by atoms with E-state index in [1.54, 1.807) is 7.11 Å². The lowest BCUT2D eigenvalue weighted by molar-refractivity contribution is -0.231. The van der Waals surface area contributed by atoms with Gasteiger partial charge in [-0.05, 0) is 125 Å². The van der Waals surface area contributed by atoms with E-state index in [9.17, 15) is 14.7 Å². The summed E-state index contributed by atoms with van der Waals surface area (Å²) in [4.78, 5) is 30.8. The quantitative estimate of drug-likeness (QED) is 0.189. The van der Waals surface area contributed by atoms with Gasteiger partial charge in [0, 0.05) is 37.1 Å². The van der Waals surface area contributed by atoms with Crippen LogP contribution in [0.4, 0.5) is 0 Å². The number of rotatable bonds is 11. The summed E-state index contributed by atoms with van der Waals surface area (Å²) in [6, 6.07) is 8.21. The van der Waals surface area contributed by atoms with Gasteiger partial charge in [0.15, 0.2) is 18.4 Å². The maximum Gasteiger partial charge on any atom is 0.306 e. The first-order valence-electron chi connectivity index (χ1n) is 20.2. The molecule has 5 aliphatic rings. The number of likely N-dealkylation sites (N-methyl/N-ethyl adjacent to an activating group) is 1. The number of carbonyl (C=O) groups excluding carboxylic acids is 2. The number of methoxy groups -OCH3 is 2. The van der Waals surface area contributed by atoms with E-state index in [0.717, 1.165) is 37.7 Å². The zero-order valence-corrected chi connectivity index (χ0v) is 33.9. The van der Waals surface area contributed by atoms with Crippen LogP contribution in [0.2, 0.25) is 5.02 Å². The third-order valence-corrected chi connectivity index (χ3v) is 13.2. The summed E-state index contributed by atoms with van der Waals surface area (Å²) in [5, 5.41) is 11.7. The molecule has 6 rings (SSSR count). The number of ketones is 1. The van der Waals surface area contributed by atoms with E-state index in [-0.39, 0.29) is 85.1 Å². The molecular formula is C43H62ClNO9. The molecule has 1 N–H and O–H groups in total. The normalized spacial score (nSPS) is 37.2. The lowest BCUT2D eigenvalue weighted by Gasteiger charge is -2.40. The minimum absolute atomic E-state index is 0.00917. The second kappa shape index (κ2) is 18.4. The van der Waals surface area contributed by atoms with E-state index >= 15 is 0 Å². The fourth-order valence-electron chi connectivity index (χ4n) is 10.1. The van der Waals surface area contributed by atoms with Gasteiger partial charge in [0.05, 0.1) is 31.3 Å². The van der Waals surface area contributed by atoms with Gasteiger partial charge < -0.3 is 38.4 Å². The number of hydrogen-bond acceptors (Lipinski definition) is 10. The molecule has 3 aliphatic carbocycles. The van der Waals surface area contributed by atoms with Crippen LogP contribution >= 0.6 is 11.6 Å². The number of nitrogens with zero attached hydrogens (tertiary/aromatic N) is 1. The van der Waals surface area contributed by atoms with E-state index < -0.39 is 18.3 Å². The van der Waals surface area contributed by atoms with Crippen LogP contribution in [0.1, 0.15) is 84.1 Å². The van der Waals surface area contributed by atoms with Crippen LogP contribution in [0.15, 0.2) is 42.0 Å². The Morgan fingerprint density at radius 2 is 1.70 bits per heavy atom. The number of ether oxygens (including phenoxy) is 6. The molecule has 14 atom stereocenters. The molecule has 0 spiro atoms. The number of fused-ring (bicyclic) bond motifs is 5. The van der Waals surface area contributed by atoms with Crippen LogP contribution < -0.4 is 0 Å². The first-order valence-corrected chi connectivity index (χ1v) is 20.6. The number of benzene rings is 1. The van der Waals surface area contributed by atoms with Crippen molar-refractivity contribution in [2.45, 2.75) is 128 Å². The Bertz CT molecular complexity index is 1500. The van der Waals surface area contributed by atoms with E-state index in [1.165, 1.54) is 12.7 Å². The van der Waals surface area contributed by atoms with E-state index in [2.05, 4.69) is 45.0 Å². The lowest BCUT2D eigenvalue weighted by Crippen LogP contribution is -2.47. The number of carbonyl (C=O) groups is 2. The average molecular weight is 772 g/mol. The molecule has 0 bridgehead atoms. The summed E-state index contributed by atoms with van der Waals surface area (Å²) in [7, 11) is 7.26. The minimum atomic E-state index is -1.15. The van der Waals surface area contributed by atoms with Crippen LogP contribution in [0.5, 0.6) is 0 Å². The highest BCUT2D eigenvalue weighted by Gasteiger charge is 2.53. The molecule has 54 heavy (non-hydrogen) atoms. The monoisotopic (exact) mass is 771 g/mol. The van der Waals surface area contributed by atoms with Crippen LogP contribution in [-0.2, 0) is 38.0 Å². The Hall–Kier alpha value is -2.15. The van der Waals surface area contributed by atoms with Gasteiger partial charge in [0.2, 0.25) is 0 Å². The first kappa shape index (κ1) is 41.5. The summed E-state index contributed by atoms with van der Waals surface area (Å²) < 4.78 is 36.3. The SMILES string of the molecule is CC[C@H]1CCC[C@H](O[C@H]2CC[C@H](N(C)C)C(C)O2)[C@@H](C)C(=O)C2=C[C@@H]3C(C=C(c4ccc(Cl)cc4)C4C[C@@H](OC(O)[C@H](COC)OC)C[C@H]43)[C@@H]2CC(=O)O1. The highest BCUT2D eigenvalue weighted by atomic mass is 35.5. The van der Waals surface area contributed by atoms with Gasteiger partial charge in [-0.2, -0.15) is 0 Å².